The molecule has 2 aromatic carbocycles. The van der Waals surface area contributed by atoms with Gasteiger partial charge in [0.1, 0.15) is 4.88 Å². The molecule has 1 aromatic heterocycles. The fourth-order valence-corrected chi connectivity index (χ4v) is 4.66. The van der Waals surface area contributed by atoms with Crippen molar-refractivity contribution < 1.29 is 19.1 Å². The van der Waals surface area contributed by atoms with E-state index in [1.165, 1.54) is 11.3 Å². The van der Waals surface area contributed by atoms with Crippen LogP contribution in [0.2, 0.25) is 0 Å². The molecule has 0 atom stereocenters. The van der Waals surface area contributed by atoms with Gasteiger partial charge in [-0.1, -0.05) is 18.2 Å². The number of fused-ring (bicyclic) bond motifs is 1. The number of anilines is 2. The molecule has 172 valence electrons. The van der Waals surface area contributed by atoms with E-state index >= 15 is 0 Å². The van der Waals surface area contributed by atoms with Gasteiger partial charge in [-0.25, -0.2) is 9.59 Å². The number of piperazine rings is 1. The molecule has 1 fully saturated rings. The van der Waals surface area contributed by atoms with Crippen molar-refractivity contribution in [3.8, 4) is 0 Å². The number of esters is 1. The minimum atomic E-state index is -0.452. The monoisotopic (exact) mass is 466 g/mol. The Morgan fingerprint density at radius 2 is 1.76 bits per heavy atom. The van der Waals surface area contributed by atoms with Crippen molar-refractivity contribution in [3.05, 3.63) is 59.5 Å². The highest BCUT2D eigenvalue weighted by Crippen LogP contribution is 2.28. The second kappa shape index (κ2) is 10.4. The van der Waals surface area contributed by atoms with Crippen LogP contribution in [0.15, 0.2) is 54.6 Å². The number of para-hydroxylation sites is 1. The molecule has 3 aromatic rings. The molecule has 2 heterocycles. The second-order valence-electron chi connectivity index (χ2n) is 7.59. The molecule has 1 aliphatic heterocycles. The molecule has 33 heavy (non-hydrogen) atoms. The normalized spacial score (nSPS) is 13.6. The van der Waals surface area contributed by atoms with Crippen LogP contribution in [0.25, 0.3) is 10.1 Å². The van der Waals surface area contributed by atoms with Gasteiger partial charge in [-0.05, 0) is 48.7 Å². The quantitative estimate of drug-likeness (QED) is 0.542. The van der Waals surface area contributed by atoms with E-state index in [1.807, 2.05) is 24.3 Å². The van der Waals surface area contributed by atoms with Gasteiger partial charge in [0.05, 0.1) is 13.2 Å². The lowest BCUT2D eigenvalue weighted by molar-refractivity contribution is -0.130. The lowest BCUT2D eigenvalue weighted by Crippen LogP contribution is -2.51. The molecule has 0 saturated carbocycles. The van der Waals surface area contributed by atoms with Crippen LogP contribution in [0.5, 0.6) is 0 Å². The Hall–Kier alpha value is -3.59. The minimum absolute atomic E-state index is 0.0646. The lowest BCUT2D eigenvalue weighted by atomic mass is 10.2. The lowest BCUT2D eigenvalue weighted by Gasteiger charge is -2.36. The van der Waals surface area contributed by atoms with Crippen molar-refractivity contribution in [3.63, 3.8) is 0 Å². The van der Waals surface area contributed by atoms with Gasteiger partial charge < -0.3 is 25.2 Å². The minimum Gasteiger partial charge on any atom is -0.462 e. The molecule has 0 radical (unpaired) electrons. The summed E-state index contributed by atoms with van der Waals surface area (Å²) in [4.78, 5) is 41.3. The smallest absolute Gasteiger partial charge is 0.348 e. The van der Waals surface area contributed by atoms with Gasteiger partial charge in [0.2, 0.25) is 5.91 Å². The molecule has 1 aliphatic rings. The maximum Gasteiger partial charge on any atom is 0.348 e. The van der Waals surface area contributed by atoms with Crippen LogP contribution < -0.4 is 15.5 Å². The highest BCUT2D eigenvalue weighted by molar-refractivity contribution is 7.20. The first-order valence-electron chi connectivity index (χ1n) is 10.9. The van der Waals surface area contributed by atoms with Crippen molar-refractivity contribution in [2.75, 3.05) is 49.5 Å². The Morgan fingerprint density at radius 3 is 2.48 bits per heavy atom. The molecule has 0 unspecified atom stereocenters. The van der Waals surface area contributed by atoms with Crippen LogP contribution in [-0.2, 0) is 9.53 Å². The second-order valence-corrected chi connectivity index (χ2v) is 8.68. The summed E-state index contributed by atoms with van der Waals surface area (Å²) < 4.78 is 5.96. The standard InChI is InChI=1S/C24H26N4O4S/c1-2-32-23(30)21-15-17-14-18(8-9-20(17)33-21)26-24(31)25-16-22(29)28-12-10-27(11-13-28)19-6-4-3-5-7-19/h3-9,14-15H,2,10-13,16H2,1H3,(H2,25,26,31). The maximum atomic E-state index is 12.5. The topological polar surface area (TPSA) is 91.0 Å². The molecule has 8 nitrogen and oxygen atoms in total. The Balaban J connectivity index is 1.25. The Morgan fingerprint density at radius 1 is 1.00 bits per heavy atom. The van der Waals surface area contributed by atoms with E-state index < -0.39 is 6.03 Å². The van der Waals surface area contributed by atoms with E-state index in [2.05, 4.69) is 27.7 Å². The summed E-state index contributed by atoms with van der Waals surface area (Å²) in [6.45, 7) is 4.78. The number of thiophene rings is 1. The predicted octanol–water partition coefficient (Wildman–Crippen LogP) is 3.55. The summed E-state index contributed by atoms with van der Waals surface area (Å²) in [7, 11) is 0. The molecule has 0 aliphatic carbocycles. The SMILES string of the molecule is CCOC(=O)c1cc2cc(NC(=O)NCC(=O)N3CCN(c4ccccc4)CC3)ccc2s1. The highest BCUT2D eigenvalue weighted by Gasteiger charge is 2.21. The van der Waals surface area contributed by atoms with Crippen molar-refractivity contribution in [1.82, 2.24) is 10.2 Å². The first kappa shape index (κ1) is 22.6. The van der Waals surface area contributed by atoms with Crippen LogP contribution in [0.1, 0.15) is 16.6 Å². The third-order valence-electron chi connectivity index (χ3n) is 5.40. The fraction of sp³-hybridized carbons (Fsp3) is 0.292. The van der Waals surface area contributed by atoms with Crippen LogP contribution in [0, 0.1) is 0 Å². The average molecular weight is 467 g/mol. The summed E-state index contributed by atoms with van der Waals surface area (Å²) in [6, 6.07) is 16.8. The van der Waals surface area contributed by atoms with Crippen LogP contribution in [0.3, 0.4) is 0 Å². The molecule has 2 N–H and O–H groups in total. The average Bonchev–Trinajstić information content (AvgIpc) is 3.27. The maximum absolute atomic E-state index is 12.5. The number of carbonyl (C=O) groups excluding carboxylic acids is 3. The number of nitrogens with zero attached hydrogens (tertiary/aromatic N) is 2. The molecular weight excluding hydrogens is 440 g/mol. The highest BCUT2D eigenvalue weighted by atomic mass is 32.1. The van der Waals surface area contributed by atoms with Crippen molar-refractivity contribution >= 4 is 50.7 Å². The number of carbonyl (C=O) groups is 3. The van der Waals surface area contributed by atoms with Gasteiger partial charge >= 0.3 is 12.0 Å². The number of hydrogen-bond donors (Lipinski definition) is 2. The number of hydrogen-bond acceptors (Lipinski definition) is 6. The largest absolute Gasteiger partial charge is 0.462 e. The van der Waals surface area contributed by atoms with Gasteiger partial charge in [0.25, 0.3) is 0 Å². The zero-order valence-corrected chi connectivity index (χ0v) is 19.2. The van der Waals surface area contributed by atoms with Crippen molar-refractivity contribution in [2.45, 2.75) is 6.92 Å². The molecule has 1 saturated heterocycles. The number of ether oxygens (including phenoxy) is 1. The third kappa shape index (κ3) is 5.61. The molecule has 9 heteroatoms. The van der Waals surface area contributed by atoms with Gasteiger partial charge in [0.15, 0.2) is 0 Å². The Bertz CT molecular complexity index is 1140. The van der Waals surface area contributed by atoms with E-state index in [4.69, 9.17) is 4.74 Å². The number of rotatable bonds is 6. The van der Waals surface area contributed by atoms with E-state index in [0.29, 0.717) is 30.3 Å². The van der Waals surface area contributed by atoms with E-state index in [-0.39, 0.29) is 18.4 Å². The molecule has 0 bridgehead atoms. The summed E-state index contributed by atoms with van der Waals surface area (Å²) in [5, 5.41) is 6.22. The van der Waals surface area contributed by atoms with E-state index in [1.54, 1.807) is 30.0 Å². The zero-order valence-electron chi connectivity index (χ0n) is 18.4. The fourth-order valence-electron chi connectivity index (χ4n) is 3.72. The van der Waals surface area contributed by atoms with Gasteiger partial charge in [0, 0.05) is 42.3 Å². The first-order valence-corrected chi connectivity index (χ1v) is 11.7. The number of nitrogens with one attached hydrogen (secondary N) is 2. The van der Waals surface area contributed by atoms with Gasteiger partial charge in [-0.2, -0.15) is 0 Å². The van der Waals surface area contributed by atoms with Crippen molar-refractivity contribution in [2.24, 2.45) is 0 Å². The molecule has 0 spiro atoms. The van der Waals surface area contributed by atoms with Crippen LogP contribution in [0.4, 0.5) is 16.2 Å². The van der Waals surface area contributed by atoms with E-state index in [0.717, 1.165) is 28.9 Å². The summed E-state index contributed by atoms with van der Waals surface area (Å²) in [5.74, 6) is -0.459. The van der Waals surface area contributed by atoms with E-state index in [9.17, 15) is 14.4 Å². The van der Waals surface area contributed by atoms with Crippen molar-refractivity contribution in [1.29, 1.82) is 0 Å². The molecule has 4 rings (SSSR count). The zero-order chi connectivity index (χ0) is 23.2. The third-order valence-corrected chi connectivity index (χ3v) is 6.50. The number of benzene rings is 2. The van der Waals surface area contributed by atoms with Gasteiger partial charge in [-0.15, -0.1) is 11.3 Å². The summed E-state index contributed by atoms with van der Waals surface area (Å²) in [5.41, 5.74) is 1.73. The summed E-state index contributed by atoms with van der Waals surface area (Å²) in [6.07, 6.45) is 0. The Labute approximate surface area is 196 Å². The molecular formula is C24H26N4O4S. The van der Waals surface area contributed by atoms with Crippen LogP contribution in [-0.4, -0.2) is 62.1 Å². The Kier molecular flexibility index (Phi) is 7.09. The molecule has 3 amide bonds. The van der Waals surface area contributed by atoms with Crippen LogP contribution >= 0.6 is 11.3 Å². The number of amides is 3. The first-order chi connectivity index (χ1) is 16.0. The number of urea groups is 1. The van der Waals surface area contributed by atoms with Gasteiger partial charge in [-0.3, -0.25) is 4.79 Å². The predicted molar refractivity (Wildman–Crippen MR) is 130 cm³/mol. The summed E-state index contributed by atoms with van der Waals surface area (Å²) >= 11 is 1.35.